The minimum Gasteiger partial charge on any atom is -0.344 e. The second-order valence-corrected chi connectivity index (χ2v) is 5.59. The molecule has 0 radical (unpaired) electrons. The molecule has 0 bridgehead atoms. The van der Waals surface area contributed by atoms with Gasteiger partial charge >= 0.3 is 11.8 Å². The van der Waals surface area contributed by atoms with Gasteiger partial charge in [-0.3, -0.25) is 19.4 Å². The van der Waals surface area contributed by atoms with E-state index in [9.17, 15) is 14.4 Å². The van der Waals surface area contributed by atoms with Crippen LogP contribution in [0, 0.1) is 0 Å². The van der Waals surface area contributed by atoms with Crippen molar-refractivity contribution in [2.24, 2.45) is 0 Å². The minimum absolute atomic E-state index is 0.213. The summed E-state index contributed by atoms with van der Waals surface area (Å²) in [4.78, 5) is 42.2. The van der Waals surface area contributed by atoms with E-state index in [1.165, 1.54) is 0 Å². The van der Waals surface area contributed by atoms with Crippen LogP contribution in [0.5, 0.6) is 0 Å². The number of pyridine rings is 1. The van der Waals surface area contributed by atoms with E-state index in [-0.39, 0.29) is 12.5 Å². The average Bonchev–Trinajstić information content (AvgIpc) is 2.91. The number of anilines is 1. The van der Waals surface area contributed by atoms with Crippen molar-refractivity contribution in [3.05, 3.63) is 59.9 Å². The summed E-state index contributed by atoms with van der Waals surface area (Å²) in [5.74, 6) is -1.85. The lowest BCUT2D eigenvalue weighted by molar-refractivity contribution is -0.140. The quantitative estimate of drug-likeness (QED) is 0.811. The number of hydrogen-bond acceptors (Lipinski definition) is 4. The lowest BCUT2D eigenvalue weighted by Gasteiger charge is -2.15. The van der Waals surface area contributed by atoms with E-state index in [0.717, 1.165) is 11.3 Å². The summed E-state index contributed by atoms with van der Waals surface area (Å²) in [5.41, 5.74) is 2.29. The number of likely N-dealkylation sites (N-methyl/N-ethyl adjacent to an activating group) is 1. The van der Waals surface area contributed by atoms with E-state index < -0.39 is 17.9 Å². The highest BCUT2D eigenvalue weighted by atomic mass is 16.2. The largest absolute Gasteiger partial charge is 0.344 e. The molecule has 0 unspecified atom stereocenters. The van der Waals surface area contributed by atoms with Gasteiger partial charge in [-0.25, -0.2) is 0 Å². The first-order chi connectivity index (χ1) is 12.1. The molecule has 0 aliphatic carbocycles. The van der Waals surface area contributed by atoms with Crippen molar-refractivity contribution in [3.63, 3.8) is 0 Å². The second-order valence-electron chi connectivity index (χ2n) is 5.59. The SMILES string of the molecule is CCN1C(=O)[C@H](NC(=O)C(=O)NCc2ccncc2)c2ccccc21. The lowest BCUT2D eigenvalue weighted by atomic mass is 10.1. The first kappa shape index (κ1) is 16.6. The first-order valence-electron chi connectivity index (χ1n) is 7.99. The first-order valence-corrected chi connectivity index (χ1v) is 7.99. The highest BCUT2D eigenvalue weighted by molar-refractivity contribution is 6.35. The normalized spacial score (nSPS) is 15.6. The van der Waals surface area contributed by atoms with Crippen molar-refractivity contribution >= 4 is 23.4 Å². The van der Waals surface area contributed by atoms with Crippen LogP contribution in [0.1, 0.15) is 24.1 Å². The molecule has 0 spiro atoms. The Morgan fingerprint density at radius 2 is 1.84 bits per heavy atom. The lowest BCUT2D eigenvalue weighted by Crippen LogP contribution is -2.44. The van der Waals surface area contributed by atoms with Gasteiger partial charge < -0.3 is 15.5 Å². The molecule has 1 aliphatic rings. The van der Waals surface area contributed by atoms with Crippen LogP contribution in [0.3, 0.4) is 0 Å². The molecule has 3 rings (SSSR count). The van der Waals surface area contributed by atoms with Gasteiger partial charge in [-0.2, -0.15) is 0 Å². The number of para-hydroxylation sites is 1. The Morgan fingerprint density at radius 3 is 2.56 bits per heavy atom. The van der Waals surface area contributed by atoms with Crippen molar-refractivity contribution < 1.29 is 14.4 Å². The molecule has 1 atom stereocenters. The average molecular weight is 338 g/mol. The van der Waals surface area contributed by atoms with Gasteiger partial charge in [0, 0.05) is 36.7 Å². The van der Waals surface area contributed by atoms with Crippen molar-refractivity contribution in [3.8, 4) is 0 Å². The third-order valence-corrected chi connectivity index (χ3v) is 4.05. The van der Waals surface area contributed by atoms with Gasteiger partial charge in [-0.1, -0.05) is 18.2 Å². The predicted molar refractivity (Wildman–Crippen MR) is 91.4 cm³/mol. The maximum Gasteiger partial charge on any atom is 0.310 e. The number of nitrogens with one attached hydrogen (secondary N) is 2. The van der Waals surface area contributed by atoms with Gasteiger partial charge in [0.2, 0.25) is 0 Å². The molecule has 0 saturated carbocycles. The van der Waals surface area contributed by atoms with Gasteiger partial charge in [0.15, 0.2) is 0 Å². The Bertz CT molecular complexity index is 807. The standard InChI is InChI=1S/C18H18N4O3/c1-2-22-14-6-4-3-5-13(14)15(18(22)25)21-17(24)16(23)20-11-12-7-9-19-10-8-12/h3-10,15H,2,11H2,1H3,(H,20,23)(H,21,24)/t15-/m1/s1. The molecule has 7 nitrogen and oxygen atoms in total. The number of carbonyl (C=O) groups is 3. The number of nitrogens with zero attached hydrogens (tertiary/aromatic N) is 2. The highest BCUT2D eigenvalue weighted by Gasteiger charge is 2.37. The molecule has 0 fully saturated rings. The summed E-state index contributed by atoms with van der Waals surface area (Å²) in [6.45, 7) is 2.57. The Hall–Kier alpha value is -3.22. The van der Waals surface area contributed by atoms with Crippen LogP contribution >= 0.6 is 0 Å². The smallest absolute Gasteiger partial charge is 0.310 e. The van der Waals surface area contributed by atoms with E-state index in [0.29, 0.717) is 12.1 Å². The Kier molecular flexibility index (Phi) is 4.74. The van der Waals surface area contributed by atoms with Crippen LogP contribution in [0.2, 0.25) is 0 Å². The fraction of sp³-hybridized carbons (Fsp3) is 0.222. The zero-order valence-corrected chi connectivity index (χ0v) is 13.7. The maximum atomic E-state index is 12.5. The van der Waals surface area contributed by atoms with Gasteiger partial charge in [0.05, 0.1) is 0 Å². The number of fused-ring (bicyclic) bond motifs is 1. The summed E-state index contributed by atoms with van der Waals surface area (Å²) < 4.78 is 0. The topological polar surface area (TPSA) is 91.4 Å². The monoisotopic (exact) mass is 338 g/mol. The Labute approximate surface area is 145 Å². The number of rotatable bonds is 4. The van der Waals surface area contributed by atoms with E-state index in [1.807, 2.05) is 19.1 Å². The van der Waals surface area contributed by atoms with Crippen LogP contribution in [-0.2, 0) is 20.9 Å². The van der Waals surface area contributed by atoms with Crippen LogP contribution < -0.4 is 15.5 Å². The number of hydrogen-bond donors (Lipinski definition) is 2. The van der Waals surface area contributed by atoms with Crippen LogP contribution in [0.4, 0.5) is 5.69 Å². The van der Waals surface area contributed by atoms with E-state index in [2.05, 4.69) is 15.6 Å². The Morgan fingerprint density at radius 1 is 1.12 bits per heavy atom. The molecule has 1 aliphatic heterocycles. The molecule has 2 heterocycles. The summed E-state index contributed by atoms with van der Waals surface area (Å²) in [5, 5.41) is 5.06. The molecule has 0 saturated heterocycles. The fourth-order valence-corrected chi connectivity index (χ4v) is 2.81. The summed E-state index contributed by atoms with van der Waals surface area (Å²) in [6, 6.07) is 9.89. The number of carbonyl (C=O) groups excluding carboxylic acids is 3. The molecule has 7 heteroatoms. The highest BCUT2D eigenvalue weighted by Crippen LogP contribution is 2.35. The molecule has 2 aromatic rings. The second kappa shape index (κ2) is 7.12. The van der Waals surface area contributed by atoms with Crippen molar-refractivity contribution in [1.29, 1.82) is 0 Å². The van der Waals surface area contributed by atoms with E-state index in [1.54, 1.807) is 41.6 Å². The predicted octanol–water partition coefficient (Wildman–Crippen LogP) is 0.922. The molecular weight excluding hydrogens is 320 g/mol. The third-order valence-electron chi connectivity index (χ3n) is 4.05. The molecule has 2 N–H and O–H groups in total. The van der Waals surface area contributed by atoms with E-state index >= 15 is 0 Å². The summed E-state index contributed by atoms with van der Waals surface area (Å²) in [6.07, 6.45) is 3.21. The molecule has 1 aromatic carbocycles. The van der Waals surface area contributed by atoms with Crippen LogP contribution in [0.15, 0.2) is 48.8 Å². The van der Waals surface area contributed by atoms with Crippen molar-refractivity contribution in [2.45, 2.75) is 19.5 Å². The fourth-order valence-electron chi connectivity index (χ4n) is 2.81. The van der Waals surface area contributed by atoms with E-state index in [4.69, 9.17) is 0 Å². The van der Waals surface area contributed by atoms with Gasteiger partial charge in [-0.15, -0.1) is 0 Å². The van der Waals surface area contributed by atoms with Gasteiger partial charge in [0.25, 0.3) is 5.91 Å². The van der Waals surface area contributed by atoms with Crippen molar-refractivity contribution in [1.82, 2.24) is 15.6 Å². The molecule has 25 heavy (non-hydrogen) atoms. The molecular formula is C18H18N4O3. The Balaban J connectivity index is 1.66. The molecule has 3 amide bonds. The number of aromatic nitrogens is 1. The summed E-state index contributed by atoms with van der Waals surface area (Å²) >= 11 is 0. The van der Waals surface area contributed by atoms with Crippen molar-refractivity contribution in [2.75, 3.05) is 11.4 Å². The number of amides is 3. The third kappa shape index (κ3) is 3.35. The summed E-state index contributed by atoms with van der Waals surface area (Å²) in [7, 11) is 0. The van der Waals surface area contributed by atoms with Crippen LogP contribution in [-0.4, -0.2) is 29.3 Å². The molecule has 1 aromatic heterocycles. The number of benzene rings is 1. The minimum atomic E-state index is -0.838. The van der Waals surface area contributed by atoms with Gasteiger partial charge in [-0.05, 0) is 30.7 Å². The molecule has 128 valence electrons. The van der Waals surface area contributed by atoms with Crippen LogP contribution in [0.25, 0.3) is 0 Å². The zero-order chi connectivity index (χ0) is 17.8. The maximum absolute atomic E-state index is 12.5. The van der Waals surface area contributed by atoms with Gasteiger partial charge in [0.1, 0.15) is 6.04 Å². The zero-order valence-electron chi connectivity index (χ0n) is 13.7.